The minimum atomic E-state index is -0.301. The van der Waals surface area contributed by atoms with Gasteiger partial charge in [0, 0.05) is 23.7 Å². The van der Waals surface area contributed by atoms with Crippen LogP contribution in [0.3, 0.4) is 0 Å². The second-order valence-corrected chi connectivity index (χ2v) is 5.56. The third-order valence-electron chi connectivity index (χ3n) is 3.71. The van der Waals surface area contributed by atoms with Crippen LogP contribution >= 0.6 is 0 Å². The molecular weight excluding hydrogens is 276 g/mol. The van der Waals surface area contributed by atoms with Gasteiger partial charge in [-0.25, -0.2) is 0 Å². The van der Waals surface area contributed by atoms with E-state index in [9.17, 15) is 4.79 Å². The Balaban J connectivity index is 1.60. The van der Waals surface area contributed by atoms with Crippen molar-refractivity contribution in [3.63, 3.8) is 0 Å². The molecule has 1 heterocycles. The quantitative estimate of drug-likeness (QED) is 0.901. The lowest BCUT2D eigenvalue weighted by Gasteiger charge is -2.11. The third kappa shape index (κ3) is 3.65. The molecule has 0 bridgehead atoms. The number of rotatable bonds is 4. The van der Waals surface area contributed by atoms with Gasteiger partial charge in [0.15, 0.2) is 0 Å². The van der Waals surface area contributed by atoms with Crippen LogP contribution in [-0.2, 0) is 9.53 Å². The number of aryl methyl sites for hydroxylation is 1. The van der Waals surface area contributed by atoms with Gasteiger partial charge in [-0.3, -0.25) is 4.79 Å². The number of nitrogens with one attached hydrogen (secondary N) is 2. The van der Waals surface area contributed by atoms with Crippen LogP contribution in [0.5, 0.6) is 0 Å². The summed E-state index contributed by atoms with van der Waals surface area (Å²) in [5, 5.41) is 6.22. The van der Waals surface area contributed by atoms with Gasteiger partial charge in [-0.1, -0.05) is 17.7 Å². The Morgan fingerprint density at radius 2 is 1.59 bits per heavy atom. The molecular formula is C18H20N2O2. The molecule has 1 saturated heterocycles. The SMILES string of the molecule is Cc1ccc(Nc2ccc(NC(=O)C3CCCO3)cc2)cc1. The van der Waals surface area contributed by atoms with E-state index < -0.39 is 0 Å². The van der Waals surface area contributed by atoms with E-state index in [1.807, 2.05) is 36.4 Å². The molecule has 0 radical (unpaired) electrons. The van der Waals surface area contributed by atoms with E-state index in [2.05, 4.69) is 29.7 Å². The van der Waals surface area contributed by atoms with Crippen LogP contribution in [0.2, 0.25) is 0 Å². The average Bonchev–Trinajstić information content (AvgIpc) is 3.06. The fraction of sp³-hybridized carbons (Fsp3) is 0.278. The number of carbonyl (C=O) groups is 1. The smallest absolute Gasteiger partial charge is 0.253 e. The molecule has 3 rings (SSSR count). The number of amides is 1. The van der Waals surface area contributed by atoms with Crippen LogP contribution in [-0.4, -0.2) is 18.6 Å². The number of hydrogen-bond donors (Lipinski definition) is 2. The van der Waals surface area contributed by atoms with Crippen molar-refractivity contribution in [2.75, 3.05) is 17.2 Å². The van der Waals surface area contributed by atoms with Crippen molar-refractivity contribution < 1.29 is 9.53 Å². The highest BCUT2D eigenvalue weighted by atomic mass is 16.5. The summed E-state index contributed by atoms with van der Waals surface area (Å²) >= 11 is 0. The first-order chi connectivity index (χ1) is 10.7. The van der Waals surface area contributed by atoms with Crippen molar-refractivity contribution in [1.29, 1.82) is 0 Å². The highest BCUT2D eigenvalue weighted by Gasteiger charge is 2.23. The van der Waals surface area contributed by atoms with Gasteiger partial charge < -0.3 is 15.4 Å². The summed E-state index contributed by atoms with van der Waals surface area (Å²) in [6.45, 7) is 2.74. The minimum absolute atomic E-state index is 0.0586. The second kappa shape index (κ2) is 6.62. The van der Waals surface area contributed by atoms with Gasteiger partial charge in [0.25, 0.3) is 5.91 Å². The Bertz CT molecular complexity index is 629. The zero-order valence-corrected chi connectivity index (χ0v) is 12.6. The van der Waals surface area contributed by atoms with Crippen molar-refractivity contribution in [1.82, 2.24) is 0 Å². The molecule has 1 fully saturated rings. The lowest BCUT2D eigenvalue weighted by molar-refractivity contribution is -0.124. The molecule has 4 nitrogen and oxygen atoms in total. The van der Waals surface area contributed by atoms with E-state index in [4.69, 9.17) is 4.74 Å². The Morgan fingerprint density at radius 1 is 1.00 bits per heavy atom. The first kappa shape index (κ1) is 14.6. The Hall–Kier alpha value is -2.33. The van der Waals surface area contributed by atoms with Gasteiger partial charge in [-0.2, -0.15) is 0 Å². The number of benzene rings is 2. The molecule has 0 aliphatic carbocycles. The Morgan fingerprint density at radius 3 is 2.18 bits per heavy atom. The molecule has 0 spiro atoms. The zero-order valence-electron chi connectivity index (χ0n) is 12.6. The third-order valence-corrected chi connectivity index (χ3v) is 3.71. The van der Waals surface area contributed by atoms with E-state index >= 15 is 0 Å². The molecule has 2 N–H and O–H groups in total. The summed E-state index contributed by atoms with van der Waals surface area (Å²) in [5.74, 6) is -0.0586. The van der Waals surface area contributed by atoms with Crippen LogP contribution in [0.1, 0.15) is 18.4 Å². The maximum atomic E-state index is 12.0. The minimum Gasteiger partial charge on any atom is -0.368 e. The standard InChI is InChI=1S/C18H20N2O2/c1-13-4-6-14(7-5-13)19-15-8-10-16(11-9-15)20-18(21)17-3-2-12-22-17/h4-11,17,19H,2-3,12H2,1H3,(H,20,21). The molecule has 2 aromatic rings. The molecule has 1 aliphatic rings. The summed E-state index contributed by atoms with van der Waals surface area (Å²) in [5.41, 5.74) is 4.05. The number of ether oxygens (including phenoxy) is 1. The molecule has 0 saturated carbocycles. The Kier molecular flexibility index (Phi) is 4.39. The predicted molar refractivity (Wildman–Crippen MR) is 88.5 cm³/mol. The van der Waals surface area contributed by atoms with Crippen molar-refractivity contribution in [3.8, 4) is 0 Å². The first-order valence-corrected chi connectivity index (χ1v) is 7.57. The molecule has 22 heavy (non-hydrogen) atoms. The zero-order chi connectivity index (χ0) is 15.4. The van der Waals surface area contributed by atoms with Gasteiger partial charge >= 0.3 is 0 Å². The number of hydrogen-bond acceptors (Lipinski definition) is 3. The number of anilines is 3. The fourth-order valence-electron chi connectivity index (χ4n) is 2.45. The molecule has 1 amide bonds. The molecule has 1 unspecified atom stereocenters. The highest BCUT2D eigenvalue weighted by molar-refractivity contribution is 5.94. The van der Waals surface area contributed by atoms with Gasteiger partial charge in [0.2, 0.25) is 0 Å². The average molecular weight is 296 g/mol. The van der Waals surface area contributed by atoms with Crippen LogP contribution in [0.15, 0.2) is 48.5 Å². The van der Waals surface area contributed by atoms with Crippen molar-refractivity contribution >= 4 is 23.0 Å². The van der Waals surface area contributed by atoms with E-state index in [1.165, 1.54) is 5.56 Å². The summed E-state index contributed by atoms with van der Waals surface area (Å²) in [4.78, 5) is 12.0. The number of carbonyl (C=O) groups excluding carboxylic acids is 1. The van der Waals surface area contributed by atoms with Crippen molar-refractivity contribution in [2.45, 2.75) is 25.9 Å². The fourth-order valence-corrected chi connectivity index (χ4v) is 2.45. The molecule has 4 heteroatoms. The van der Waals surface area contributed by atoms with Gasteiger partial charge in [-0.15, -0.1) is 0 Å². The predicted octanol–water partition coefficient (Wildman–Crippen LogP) is 3.86. The summed E-state index contributed by atoms with van der Waals surface area (Å²) < 4.78 is 5.37. The van der Waals surface area contributed by atoms with E-state index in [-0.39, 0.29) is 12.0 Å². The first-order valence-electron chi connectivity index (χ1n) is 7.57. The highest BCUT2D eigenvalue weighted by Crippen LogP contribution is 2.20. The molecule has 0 aromatic heterocycles. The maximum absolute atomic E-state index is 12.0. The lowest BCUT2D eigenvalue weighted by atomic mass is 10.2. The van der Waals surface area contributed by atoms with E-state index in [0.717, 1.165) is 29.9 Å². The molecule has 114 valence electrons. The van der Waals surface area contributed by atoms with Gasteiger partial charge in [0.1, 0.15) is 6.10 Å². The van der Waals surface area contributed by atoms with Crippen LogP contribution in [0, 0.1) is 6.92 Å². The monoisotopic (exact) mass is 296 g/mol. The van der Waals surface area contributed by atoms with Crippen LogP contribution < -0.4 is 10.6 Å². The molecule has 1 atom stereocenters. The topological polar surface area (TPSA) is 50.4 Å². The largest absolute Gasteiger partial charge is 0.368 e. The molecule has 1 aliphatic heterocycles. The van der Waals surface area contributed by atoms with Gasteiger partial charge in [-0.05, 0) is 56.2 Å². The summed E-state index contributed by atoms with van der Waals surface area (Å²) in [6.07, 6.45) is 1.46. The van der Waals surface area contributed by atoms with Crippen LogP contribution in [0.25, 0.3) is 0 Å². The second-order valence-electron chi connectivity index (χ2n) is 5.56. The normalized spacial score (nSPS) is 17.2. The summed E-state index contributed by atoms with van der Waals surface area (Å²) in [7, 11) is 0. The van der Waals surface area contributed by atoms with Gasteiger partial charge in [0.05, 0.1) is 0 Å². The van der Waals surface area contributed by atoms with Crippen LogP contribution in [0.4, 0.5) is 17.1 Å². The van der Waals surface area contributed by atoms with E-state index in [1.54, 1.807) is 0 Å². The maximum Gasteiger partial charge on any atom is 0.253 e. The molecule has 2 aromatic carbocycles. The van der Waals surface area contributed by atoms with E-state index in [0.29, 0.717) is 6.61 Å². The lowest BCUT2D eigenvalue weighted by Crippen LogP contribution is -2.26. The summed E-state index contributed by atoms with van der Waals surface area (Å²) in [6, 6.07) is 15.9. The van der Waals surface area contributed by atoms with Crippen molar-refractivity contribution in [2.24, 2.45) is 0 Å². The Labute approximate surface area is 130 Å². The van der Waals surface area contributed by atoms with Crippen molar-refractivity contribution in [3.05, 3.63) is 54.1 Å².